The van der Waals surface area contributed by atoms with Crippen molar-refractivity contribution in [3.05, 3.63) is 0 Å². The summed E-state index contributed by atoms with van der Waals surface area (Å²) >= 11 is 10.6. The number of alkyl halides is 2. The Morgan fingerprint density at radius 3 is 1.86 bits per heavy atom. The second kappa shape index (κ2) is 7.88. The zero-order valence-corrected chi connectivity index (χ0v) is 9.49. The van der Waals surface area contributed by atoms with Gasteiger partial charge in [0.15, 0.2) is 0 Å². The fourth-order valence-corrected chi connectivity index (χ4v) is 1.09. The van der Waals surface area contributed by atoms with Gasteiger partial charge in [0.1, 0.15) is 17.9 Å². The van der Waals surface area contributed by atoms with Gasteiger partial charge in [0.05, 0.1) is 0 Å². The van der Waals surface area contributed by atoms with Crippen molar-refractivity contribution >= 4 is 35.0 Å². The molecule has 2 amide bonds. The molecule has 0 saturated carbocycles. The second-order valence-corrected chi connectivity index (χ2v) is 3.28. The molecule has 0 bridgehead atoms. The summed E-state index contributed by atoms with van der Waals surface area (Å²) in [7, 11) is 0. The van der Waals surface area contributed by atoms with E-state index in [4.69, 9.17) is 23.2 Å². The van der Waals surface area contributed by atoms with Gasteiger partial charge in [-0.15, -0.1) is 23.2 Å². The van der Waals surface area contributed by atoms with Crippen molar-refractivity contribution < 1.29 is 9.59 Å². The van der Waals surface area contributed by atoms with Gasteiger partial charge in [0.25, 0.3) is 0 Å². The van der Waals surface area contributed by atoms with Crippen LogP contribution in [-0.4, -0.2) is 29.7 Å². The summed E-state index contributed by atoms with van der Waals surface area (Å²) in [4.78, 5) is 21.9. The van der Waals surface area contributed by atoms with Crippen LogP contribution in [0.4, 0.5) is 0 Å². The monoisotopic (exact) mass is 240 g/mol. The fourth-order valence-electron chi connectivity index (χ4n) is 0.935. The average molecular weight is 241 g/mol. The number of hydrogen-bond donors (Lipinski definition) is 2. The molecule has 0 fully saturated rings. The maximum absolute atomic E-state index is 10.9. The molecule has 0 aromatic heterocycles. The van der Waals surface area contributed by atoms with Gasteiger partial charge < -0.3 is 10.6 Å². The number of amides is 2. The lowest BCUT2D eigenvalue weighted by Gasteiger charge is -2.18. The molecular formula is C8H14Cl2N2O2. The Balaban J connectivity index is 4.00. The lowest BCUT2D eigenvalue weighted by Crippen LogP contribution is -2.48. The van der Waals surface area contributed by atoms with E-state index in [0.29, 0.717) is 6.42 Å². The highest BCUT2D eigenvalue weighted by Gasteiger charge is 2.12. The summed E-state index contributed by atoms with van der Waals surface area (Å²) in [6.07, 6.45) is 1.12. The van der Waals surface area contributed by atoms with Gasteiger partial charge in [-0.25, -0.2) is 0 Å². The molecule has 2 N–H and O–H groups in total. The quantitative estimate of drug-likeness (QED) is 0.534. The summed E-state index contributed by atoms with van der Waals surface area (Å²) < 4.78 is 0. The lowest BCUT2D eigenvalue weighted by molar-refractivity contribution is -0.121. The van der Waals surface area contributed by atoms with E-state index in [1.165, 1.54) is 0 Å². The van der Waals surface area contributed by atoms with Crippen molar-refractivity contribution in [2.24, 2.45) is 0 Å². The molecule has 0 atom stereocenters. The Labute approximate surface area is 93.3 Å². The van der Waals surface area contributed by atoms with Gasteiger partial charge in [-0.05, 0) is 6.42 Å². The molecule has 0 radical (unpaired) electrons. The number of nitrogens with one attached hydrogen (secondary N) is 2. The average Bonchev–Trinajstić information content (AvgIpc) is 2.17. The number of hydrogen-bond acceptors (Lipinski definition) is 2. The molecule has 82 valence electrons. The summed E-state index contributed by atoms with van der Waals surface area (Å²) in [6.45, 7) is 1.95. The Kier molecular flexibility index (Phi) is 7.61. The molecule has 0 saturated heterocycles. The normalized spacial score (nSPS) is 10.0. The van der Waals surface area contributed by atoms with Crippen molar-refractivity contribution in [3.63, 3.8) is 0 Å². The molecule has 0 heterocycles. The Morgan fingerprint density at radius 1 is 1.14 bits per heavy atom. The topological polar surface area (TPSA) is 58.2 Å². The Bertz CT molecular complexity index is 182. The highest BCUT2D eigenvalue weighted by molar-refractivity contribution is 6.27. The molecule has 0 aliphatic heterocycles. The van der Waals surface area contributed by atoms with Crippen LogP contribution in [0.5, 0.6) is 0 Å². The molecule has 0 rings (SSSR count). The standard InChI is InChI=1S/C8H14Cl2N2O2/c1-2-3-6(11-7(13)4-9)12-8(14)5-10/h6H,2-5H2,1H3,(H,11,13)(H,12,14). The van der Waals surface area contributed by atoms with E-state index in [9.17, 15) is 9.59 Å². The predicted octanol–water partition coefficient (Wildman–Crippen LogP) is 0.823. The third-order valence-corrected chi connectivity index (χ3v) is 1.98. The molecule has 0 aromatic carbocycles. The molecule has 0 spiro atoms. The minimum absolute atomic E-state index is 0.114. The van der Waals surface area contributed by atoms with Crippen molar-refractivity contribution in [2.75, 3.05) is 11.8 Å². The first kappa shape index (κ1) is 13.5. The molecule has 0 aliphatic rings. The van der Waals surface area contributed by atoms with Crippen molar-refractivity contribution in [2.45, 2.75) is 25.9 Å². The van der Waals surface area contributed by atoms with E-state index < -0.39 is 0 Å². The summed E-state index contributed by atoms with van der Waals surface area (Å²) in [5, 5.41) is 5.14. The van der Waals surface area contributed by atoms with Crippen LogP contribution in [0.15, 0.2) is 0 Å². The summed E-state index contributed by atoms with van der Waals surface area (Å²) in [6, 6.07) is 0. The van der Waals surface area contributed by atoms with Crippen LogP contribution in [0.1, 0.15) is 19.8 Å². The van der Waals surface area contributed by atoms with E-state index in [2.05, 4.69) is 10.6 Å². The predicted molar refractivity (Wildman–Crippen MR) is 56.4 cm³/mol. The number of rotatable bonds is 6. The summed E-state index contributed by atoms with van der Waals surface area (Å²) in [5.41, 5.74) is 0. The van der Waals surface area contributed by atoms with Gasteiger partial charge in [0.2, 0.25) is 11.8 Å². The van der Waals surface area contributed by atoms with Crippen LogP contribution in [0.3, 0.4) is 0 Å². The zero-order valence-electron chi connectivity index (χ0n) is 7.98. The van der Waals surface area contributed by atoms with E-state index in [0.717, 1.165) is 6.42 Å². The fraction of sp³-hybridized carbons (Fsp3) is 0.750. The smallest absolute Gasteiger partial charge is 0.236 e. The minimum Gasteiger partial charge on any atom is -0.335 e. The maximum atomic E-state index is 10.9. The van der Waals surface area contributed by atoms with Crippen LogP contribution in [0.25, 0.3) is 0 Å². The molecule has 0 aliphatic carbocycles. The molecule has 4 nitrogen and oxygen atoms in total. The van der Waals surface area contributed by atoms with Gasteiger partial charge in [-0.1, -0.05) is 13.3 Å². The van der Waals surface area contributed by atoms with Crippen molar-refractivity contribution in [3.8, 4) is 0 Å². The van der Waals surface area contributed by atoms with Crippen molar-refractivity contribution in [1.82, 2.24) is 10.6 Å². The van der Waals surface area contributed by atoms with Crippen LogP contribution < -0.4 is 10.6 Å². The third-order valence-electron chi connectivity index (χ3n) is 1.49. The Morgan fingerprint density at radius 2 is 1.57 bits per heavy atom. The molecule has 6 heteroatoms. The lowest BCUT2D eigenvalue weighted by atomic mass is 10.2. The number of halogens is 2. The number of carbonyl (C=O) groups is 2. The van der Waals surface area contributed by atoms with Gasteiger partial charge in [-0.2, -0.15) is 0 Å². The molecule has 0 unspecified atom stereocenters. The minimum atomic E-state index is -0.377. The van der Waals surface area contributed by atoms with Gasteiger partial charge in [-0.3, -0.25) is 9.59 Å². The summed E-state index contributed by atoms with van der Waals surface area (Å²) in [5.74, 6) is -0.839. The largest absolute Gasteiger partial charge is 0.335 e. The van der Waals surface area contributed by atoms with E-state index in [-0.39, 0.29) is 29.7 Å². The SMILES string of the molecule is CCCC(NC(=O)CCl)NC(=O)CCl. The zero-order chi connectivity index (χ0) is 11.0. The molecule has 0 aromatic rings. The van der Waals surface area contributed by atoms with Gasteiger partial charge >= 0.3 is 0 Å². The van der Waals surface area contributed by atoms with E-state index in [1.807, 2.05) is 6.92 Å². The first-order chi connectivity index (χ1) is 6.63. The maximum Gasteiger partial charge on any atom is 0.236 e. The molecular weight excluding hydrogens is 227 g/mol. The third kappa shape index (κ3) is 6.05. The van der Waals surface area contributed by atoms with Crippen LogP contribution in [0.2, 0.25) is 0 Å². The Hall–Kier alpha value is -0.480. The van der Waals surface area contributed by atoms with E-state index >= 15 is 0 Å². The van der Waals surface area contributed by atoms with Crippen LogP contribution in [0, 0.1) is 0 Å². The van der Waals surface area contributed by atoms with Crippen LogP contribution >= 0.6 is 23.2 Å². The highest BCUT2D eigenvalue weighted by atomic mass is 35.5. The van der Waals surface area contributed by atoms with E-state index in [1.54, 1.807) is 0 Å². The molecule has 14 heavy (non-hydrogen) atoms. The van der Waals surface area contributed by atoms with Crippen LogP contribution in [-0.2, 0) is 9.59 Å². The van der Waals surface area contributed by atoms with Gasteiger partial charge in [0, 0.05) is 0 Å². The second-order valence-electron chi connectivity index (χ2n) is 2.74. The highest BCUT2D eigenvalue weighted by Crippen LogP contribution is 1.94. The first-order valence-corrected chi connectivity index (χ1v) is 5.41. The van der Waals surface area contributed by atoms with Crippen molar-refractivity contribution in [1.29, 1.82) is 0 Å². The first-order valence-electron chi connectivity index (χ1n) is 4.34. The number of carbonyl (C=O) groups excluding carboxylic acids is 2.